The molecule has 1 aliphatic rings. The van der Waals surface area contributed by atoms with E-state index in [1.165, 1.54) is 38.5 Å². The Kier molecular flexibility index (Phi) is 5.49. The molecule has 1 aliphatic carbocycles. The molecular formula is C12H25NO. The Morgan fingerprint density at radius 3 is 2.64 bits per heavy atom. The van der Waals surface area contributed by atoms with Crippen molar-refractivity contribution < 1.29 is 5.11 Å². The van der Waals surface area contributed by atoms with Crippen molar-refractivity contribution in [2.24, 2.45) is 5.92 Å². The fourth-order valence-electron chi connectivity index (χ4n) is 2.31. The van der Waals surface area contributed by atoms with Gasteiger partial charge in [-0.2, -0.15) is 0 Å². The molecule has 0 amide bonds. The highest BCUT2D eigenvalue weighted by atomic mass is 16.3. The molecule has 0 aromatic rings. The molecular weight excluding hydrogens is 174 g/mol. The number of aliphatic hydroxyl groups is 1. The van der Waals surface area contributed by atoms with E-state index in [0.29, 0.717) is 24.6 Å². The van der Waals surface area contributed by atoms with Crippen molar-refractivity contribution in [1.29, 1.82) is 0 Å². The van der Waals surface area contributed by atoms with Gasteiger partial charge in [-0.05, 0) is 32.1 Å². The normalized spacial score (nSPS) is 31.1. The molecule has 84 valence electrons. The molecule has 14 heavy (non-hydrogen) atoms. The molecule has 0 saturated heterocycles. The summed E-state index contributed by atoms with van der Waals surface area (Å²) in [6.45, 7) is 4.80. The van der Waals surface area contributed by atoms with E-state index in [1.807, 2.05) is 0 Å². The van der Waals surface area contributed by atoms with E-state index in [2.05, 4.69) is 19.2 Å². The standard InChI is InChI=1S/C12H25NO/c1-3-10(2)13-12-8-6-4-5-7-11(12)9-14/h10-14H,3-9H2,1-2H3. The first-order valence-corrected chi connectivity index (χ1v) is 6.14. The van der Waals surface area contributed by atoms with E-state index < -0.39 is 0 Å². The van der Waals surface area contributed by atoms with Crippen LogP contribution in [0.4, 0.5) is 0 Å². The zero-order valence-corrected chi connectivity index (χ0v) is 9.63. The minimum absolute atomic E-state index is 0.355. The highest BCUT2D eigenvalue weighted by Gasteiger charge is 2.23. The smallest absolute Gasteiger partial charge is 0.0474 e. The number of hydrogen-bond acceptors (Lipinski definition) is 2. The predicted octanol–water partition coefficient (Wildman–Crippen LogP) is 2.32. The van der Waals surface area contributed by atoms with Gasteiger partial charge in [0, 0.05) is 18.7 Å². The number of nitrogens with one attached hydrogen (secondary N) is 1. The van der Waals surface area contributed by atoms with Gasteiger partial charge in [0.15, 0.2) is 0 Å². The average Bonchev–Trinajstić information content (AvgIpc) is 2.42. The van der Waals surface area contributed by atoms with Crippen molar-refractivity contribution in [3.63, 3.8) is 0 Å². The monoisotopic (exact) mass is 199 g/mol. The molecule has 2 N–H and O–H groups in total. The van der Waals surface area contributed by atoms with E-state index in [4.69, 9.17) is 0 Å². The van der Waals surface area contributed by atoms with Crippen molar-refractivity contribution in [3.8, 4) is 0 Å². The molecule has 0 radical (unpaired) electrons. The lowest BCUT2D eigenvalue weighted by molar-refractivity contribution is 0.175. The minimum Gasteiger partial charge on any atom is -0.396 e. The highest BCUT2D eigenvalue weighted by Crippen LogP contribution is 2.23. The highest BCUT2D eigenvalue weighted by molar-refractivity contribution is 4.80. The number of aliphatic hydroxyl groups excluding tert-OH is 1. The van der Waals surface area contributed by atoms with Gasteiger partial charge < -0.3 is 10.4 Å². The summed E-state index contributed by atoms with van der Waals surface area (Å²) in [5.41, 5.74) is 0. The summed E-state index contributed by atoms with van der Waals surface area (Å²) in [6, 6.07) is 1.14. The van der Waals surface area contributed by atoms with E-state index in [-0.39, 0.29) is 0 Å². The third-order valence-corrected chi connectivity index (χ3v) is 3.50. The van der Waals surface area contributed by atoms with Gasteiger partial charge in [-0.25, -0.2) is 0 Å². The lowest BCUT2D eigenvalue weighted by Gasteiger charge is -2.27. The Hall–Kier alpha value is -0.0800. The SMILES string of the molecule is CCC(C)NC1CCCCCC1CO. The number of rotatable bonds is 4. The average molecular weight is 199 g/mol. The molecule has 0 aromatic heterocycles. The summed E-state index contributed by atoms with van der Waals surface area (Å²) in [5.74, 6) is 0.492. The molecule has 1 rings (SSSR count). The Bertz CT molecular complexity index is 149. The van der Waals surface area contributed by atoms with Crippen molar-refractivity contribution in [2.45, 2.75) is 64.5 Å². The van der Waals surface area contributed by atoms with Crippen LogP contribution in [0.3, 0.4) is 0 Å². The van der Waals surface area contributed by atoms with Crippen LogP contribution in [-0.2, 0) is 0 Å². The van der Waals surface area contributed by atoms with Gasteiger partial charge in [0.1, 0.15) is 0 Å². The van der Waals surface area contributed by atoms with Crippen LogP contribution in [0.25, 0.3) is 0 Å². The van der Waals surface area contributed by atoms with Crippen molar-refractivity contribution >= 4 is 0 Å². The summed E-state index contributed by atoms with van der Waals surface area (Å²) in [6.07, 6.45) is 7.58. The zero-order chi connectivity index (χ0) is 10.4. The quantitative estimate of drug-likeness (QED) is 0.681. The summed E-state index contributed by atoms with van der Waals surface area (Å²) in [7, 11) is 0. The van der Waals surface area contributed by atoms with Crippen LogP contribution in [-0.4, -0.2) is 23.8 Å². The molecule has 2 heteroatoms. The fraction of sp³-hybridized carbons (Fsp3) is 1.00. The molecule has 1 saturated carbocycles. The lowest BCUT2D eigenvalue weighted by atomic mass is 9.95. The second kappa shape index (κ2) is 6.41. The first kappa shape index (κ1) is 12.0. The Balaban J connectivity index is 2.43. The van der Waals surface area contributed by atoms with Gasteiger partial charge in [-0.1, -0.05) is 26.2 Å². The minimum atomic E-state index is 0.355. The third kappa shape index (κ3) is 3.58. The van der Waals surface area contributed by atoms with Crippen molar-refractivity contribution in [2.75, 3.05) is 6.61 Å². The van der Waals surface area contributed by atoms with Gasteiger partial charge in [-0.15, -0.1) is 0 Å². The maximum absolute atomic E-state index is 9.33. The molecule has 3 unspecified atom stereocenters. The maximum atomic E-state index is 9.33. The van der Waals surface area contributed by atoms with E-state index in [1.54, 1.807) is 0 Å². The molecule has 0 spiro atoms. The zero-order valence-electron chi connectivity index (χ0n) is 9.63. The Labute approximate surface area is 88.1 Å². The molecule has 0 heterocycles. The maximum Gasteiger partial charge on any atom is 0.0474 e. The molecule has 0 aromatic carbocycles. The van der Waals surface area contributed by atoms with E-state index in [9.17, 15) is 5.11 Å². The molecule has 3 atom stereocenters. The van der Waals surface area contributed by atoms with E-state index in [0.717, 1.165) is 0 Å². The van der Waals surface area contributed by atoms with Gasteiger partial charge in [0.05, 0.1) is 0 Å². The molecule has 0 aliphatic heterocycles. The summed E-state index contributed by atoms with van der Waals surface area (Å²) < 4.78 is 0. The van der Waals surface area contributed by atoms with Crippen LogP contribution in [0.1, 0.15) is 52.4 Å². The molecule has 0 bridgehead atoms. The Morgan fingerprint density at radius 1 is 1.29 bits per heavy atom. The summed E-state index contributed by atoms with van der Waals surface area (Å²) in [5, 5.41) is 13.0. The Morgan fingerprint density at radius 2 is 2.00 bits per heavy atom. The topological polar surface area (TPSA) is 32.3 Å². The lowest BCUT2D eigenvalue weighted by Crippen LogP contribution is -2.42. The molecule has 2 nitrogen and oxygen atoms in total. The van der Waals surface area contributed by atoms with Crippen LogP contribution >= 0.6 is 0 Å². The fourth-order valence-corrected chi connectivity index (χ4v) is 2.31. The van der Waals surface area contributed by atoms with Crippen LogP contribution in [0, 0.1) is 5.92 Å². The van der Waals surface area contributed by atoms with Gasteiger partial charge in [0.2, 0.25) is 0 Å². The van der Waals surface area contributed by atoms with Crippen LogP contribution < -0.4 is 5.32 Å². The summed E-state index contributed by atoms with van der Waals surface area (Å²) >= 11 is 0. The second-order valence-electron chi connectivity index (χ2n) is 4.66. The largest absolute Gasteiger partial charge is 0.396 e. The first-order chi connectivity index (χ1) is 6.77. The second-order valence-corrected chi connectivity index (χ2v) is 4.66. The van der Waals surface area contributed by atoms with Crippen LogP contribution in [0.15, 0.2) is 0 Å². The van der Waals surface area contributed by atoms with Crippen LogP contribution in [0.2, 0.25) is 0 Å². The van der Waals surface area contributed by atoms with Gasteiger partial charge in [-0.3, -0.25) is 0 Å². The van der Waals surface area contributed by atoms with Gasteiger partial charge >= 0.3 is 0 Å². The van der Waals surface area contributed by atoms with Crippen molar-refractivity contribution in [3.05, 3.63) is 0 Å². The summed E-state index contributed by atoms with van der Waals surface area (Å²) in [4.78, 5) is 0. The molecule has 1 fully saturated rings. The van der Waals surface area contributed by atoms with Crippen molar-refractivity contribution in [1.82, 2.24) is 5.32 Å². The predicted molar refractivity (Wildman–Crippen MR) is 60.3 cm³/mol. The number of hydrogen-bond donors (Lipinski definition) is 2. The first-order valence-electron chi connectivity index (χ1n) is 6.14. The van der Waals surface area contributed by atoms with Gasteiger partial charge in [0.25, 0.3) is 0 Å². The van der Waals surface area contributed by atoms with Crippen LogP contribution in [0.5, 0.6) is 0 Å². The third-order valence-electron chi connectivity index (χ3n) is 3.50. The van der Waals surface area contributed by atoms with E-state index >= 15 is 0 Å².